The molecule has 2 aromatic rings. The van der Waals surface area contributed by atoms with Gasteiger partial charge in [0.2, 0.25) is 0 Å². The normalized spacial score (nSPS) is 17.8. The zero-order chi connectivity index (χ0) is 14.2. The van der Waals surface area contributed by atoms with Gasteiger partial charge in [-0.15, -0.1) is 0 Å². The van der Waals surface area contributed by atoms with Crippen molar-refractivity contribution in [2.24, 2.45) is 0 Å². The molecule has 0 spiro atoms. The maximum atomic E-state index is 4.79. The minimum Gasteiger partial charge on any atom is -0.370 e. The third-order valence-electron chi connectivity index (χ3n) is 4.32. The second-order valence-corrected chi connectivity index (χ2v) is 6.20. The molecule has 21 heavy (non-hydrogen) atoms. The van der Waals surface area contributed by atoms with Gasteiger partial charge in [0.05, 0.1) is 0 Å². The van der Waals surface area contributed by atoms with E-state index in [4.69, 9.17) is 4.98 Å². The lowest BCUT2D eigenvalue weighted by Gasteiger charge is -2.09. The SMILES string of the molecule is CCNc1cc(C2CC2)nc(-c2ccc(C3CC3)cc2)n1. The number of benzene rings is 1. The van der Waals surface area contributed by atoms with Crippen molar-refractivity contribution in [1.82, 2.24) is 9.97 Å². The standard InChI is InChI=1S/C18H21N3/c1-2-19-17-11-16(14-7-8-14)20-18(21-17)15-9-5-13(6-10-15)12-3-4-12/h5-6,9-12,14H,2-4,7-8H2,1H3,(H,19,20,21). The van der Waals surface area contributed by atoms with E-state index in [0.29, 0.717) is 5.92 Å². The molecular weight excluding hydrogens is 258 g/mol. The van der Waals surface area contributed by atoms with Crippen molar-refractivity contribution in [2.45, 2.75) is 44.4 Å². The van der Waals surface area contributed by atoms with Crippen molar-refractivity contribution in [3.05, 3.63) is 41.6 Å². The van der Waals surface area contributed by atoms with Crippen LogP contribution in [0.15, 0.2) is 30.3 Å². The first-order valence-corrected chi connectivity index (χ1v) is 8.06. The highest BCUT2D eigenvalue weighted by Gasteiger charge is 2.26. The van der Waals surface area contributed by atoms with E-state index < -0.39 is 0 Å². The van der Waals surface area contributed by atoms with E-state index in [1.807, 2.05) is 0 Å². The quantitative estimate of drug-likeness (QED) is 0.885. The molecule has 0 unspecified atom stereocenters. The van der Waals surface area contributed by atoms with Gasteiger partial charge < -0.3 is 5.32 Å². The topological polar surface area (TPSA) is 37.8 Å². The van der Waals surface area contributed by atoms with Crippen LogP contribution in [0, 0.1) is 0 Å². The van der Waals surface area contributed by atoms with E-state index in [2.05, 4.69) is 47.6 Å². The zero-order valence-corrected chi connectivity index (χ0v) is 12.5. The molecular formula is C18H21N3. The number of rotatable bonds is 5. The summed E-state index contributed by atoms with van der Waals surface area (Å²) < 4.78 is 0. The van der Waals surface area contributed by atoms with Gasteiger partial charge in [0.15, 0.2) is 5.82 Å². The molecule has 2 aliphatic rings. The molecule has 0 saturated heterocycles. The zero-order valence-electron chi connectivity index (χ0n) is 12.5. The maximum Gasteiger partial charge on any atom is 0.161 e. The van der Waals surface area contributed by atoms with Crippen LogP contribution in [0.25, 0.3) is 11.4 Å². The highest BCUT2D eigenvalue weighted by molar-refractivity contribution is 5.58. The summed E-state index contributed by atoms with van der Waals surface area (Å²) in [4.78, 5) is 9.46. The lowest BCUT2D eigenvalue weighted by Crippen LogP contribution is -2.03. The molecule has 1 heterocycles. The van der Waals surface area contributed by atoms with Crippen LogP contribution in [0.3, 0.4) is 0 Å². The van der Waals surface area contributed by atoms with Gasteiger partial charge in [0, 0.05) is 29.8 Å². The van der Waals surface area contributed by atoms with Gasteiger partial charge in [-0.25, -0.2) is 9.97 Å². The first kappa shape index (κ1) is 12.8. The summed E-state index contributed by atoms with van der Waals surface area (Å²) in [7, 11) is 0. The molecule has 108 valence electrons. The van der Waals surface area contributed by atoms with Crippen LogP contribution < -0.4 is 5.32 Å². The highest BCUT2D eigenvalue weighted by Crippen LogP contribution is 2.41. The summed E-state index contributed by atoms with van der Waals surface area (Å²) in [5.41, 5.74) is 3.78. The molecule has 4 rings (SSSR count). The van der Waals surface area contributed by atoms with Gasteiger partial charge in [-0.3, -0.25) is 0 Å². The Kier molecular flexibility index (Phi) is 3.13. The van der Waals surface area contributed by atoms with Crippen molar-refractivity contribution >= 4 is 5.82 Å². The Morgan fingerprint density at radius 2 is 1.71 bits per heavy atom. The minimum atomic E-state index is 0.648. The van der Waals surface area contributed by atoms with Gasteiger partial charge in [0.25, 0.3) is 0 Å². The van der Waals surface area contributed by atoms with Crippen molar-refractivity contribution in [2.75, 3.05) is 11.9 Å². The molecule has 1 aromatic heterocycles. The van der Waals surface area contributed by atoms with Crippen LogP contribution in [0.2, 0.25) is 0 Å². The maximum absolute atomic E-state index is 4.79. The molecule has 2 fully saturated rings. The van der Waals surface area contributed by atoms with Crippen LogP contribution in [-0.4, -0.2) is 16.5 Å². The molecule has 3 heteroatoms. The molecule has 2 saturated carbocycles. The lowest BCUT2D eigenvalue weighted by molar-refractivity contribution is 0.988. The van der Waals surface area contributed by atoms with Crippen LogP contribution in [0.4, 0.5) is 5.82 Å². The Balaban J connectivity index is 1.68. The Morgan fingerprint density at radius 3 is 2.33 bits per heavy atom. The first-order chi connectivity index (χ1) is 10.3. The van der Waals surface area contributed by atoms with E-state index in [1.165, 1.54) is 36.9 Å². The number of nitrogens with one attached hydrogen (secondary N) is 1. The van der Waals surface area contributed by atoms with Crippen LogP contribution in [-0.2, 0) is 0 Å². The van der Waals surface area contributed by atoms with Gasteiger partial charge >= 0.3 is 0 Å². The van der Waals surface area contributed by atoms with Gasteiger partial charge in [-0.2, -0.15) is 0 Å². The molecule has 0 aliphatic heterocycles. The number of aromatic nitrogens is 2. The smallest absolute Gasteiger partial charge is 0.161 e. The summed E-state index contributed by atoms with van der Waals surface area (Å²) in [6.45, 7) is 2.99. The van der Waals surface area contributed by atoms with Crippen molar-refractivity contribution in [3.8, 4) is 11.4 Å². The van der Waals surface area contributed by atoms with E-state index in [9.17, 15) is 0 Å². The molecule has 0 amide bonds. The number of anilines is 1. The Bertz CT molecular complexity index is 640. The Hall–Kier alpha value is -1.90. The number of nitrogens with zero attached hydrogens (tertiary/aromatic N) is 2. The monoisotopic (exact) mass is 279 g/mol. The van der Waals surface area contributed by atoms with Crippen molar-refractivity contribution in [3.63, 3.8) is 0 Å². The molecule has 3 nitrogen and oxygen atoms in total. The van der Waals surface area contributed by atoms with E-state index in [1.54, 1.807) is 0 Å². The van der Waals surface area contributed by atoms with Gasteiger partial charge in [-0.1, -0.05) is 24.3 Å². The second kappa shape index (κ2) is 5.14. The summed E-state index contributed by atoms with van der Waals surface area (Å²) in [5, 5.41) is 3.33. The Labute approximate surface area is 125 Å². The average molecular weight is 279 g/mol. The fourth-order valence-electron chi connectivity index (χ4n) is 2.78. The van der Waals surface area contributed by atoms with Crippen LogP contribution >= 0.6 is 0 Å². The highest BCUT2D eigenvalue weighted by atomic mass is 15.0. The second-order valence-electron chi connectivity index (χ2n) is 6.20. The van der Waals surface area contributed by atoms with E-state index in [0.717, 1.165) is 29.7 Å². The number of hydrogen-bond donors (Lipinski definition) is 1. The predicted molar refractivity (Wildman–Crippen MR) is 85.6 cm³/mol. The summed E-state index contributed by atoms with van der Waals surface area (Å²) in [6.07, 6.45) is 5.22. The fourth-order valence-corrected chi connectivity index (χ4v) is 2.78. The molecule has 1 N–H and O–H groups in total. The summed E-state index contributed by atoms with van der Waals surface area (Å²) in [6, 6.07) is 11.0. The Morgan fingerprint density at radius 1 is 1.00 bits per heavy atom. The molecule has 0 radical (unpaired) electrons. The molecule has 0 bridgehead atoms. The van der Waals surface area contributed by atoms with E-state index in [-0.39, 0.29) is 0 Å². The first-order valence-electron chi connectivity index (χ1n) is 8.06. The van der Waals surface area contributed by atoms with E-state index >= 15 is 0 Å². The lowest BCUT2D eigenvalue weighted by atomic mass is 10.1. The molecule has 0 atom stereocenters. The van der Waals surface area contributed by atoms with Crippen molar-refractivity contribution < 1.29 is 0 Å². The fraction of sp³-hybridized carbons (Fsp3) is 0.444. The molecule has 2 aliphatic carbocycles. The minimum absolute atomic E-state index is 0.648. The van der Waals surface area contributed by atoms with Gasteiger partial charge in [0.1, 0.15) is 5.82 Å². The van der Waals surface area contributed by atoms with Crippen LogP contribution in [0.5, 0.6) is 0 Å². The summed E-state index contributed by atoms with van der Waals surface area (Å²) >= 11 is 0. The third kappa shape index (κ3) is 2.78. The number of hydrogen-bond acceptors (Lipinski definition) is 3. The third-order valence-corrected chi connectivity index (χ3v) is 4.32. The summed E-state index contributed by atoms with van der Waals surface area (Å²) in [5.74, 6) is 3.26. The van der Waals surface area contributed by atoms with Crippen LogP contribution in [0.1, 0.15) is 55.7 Å². The predicted octanol–water partition coefficient (Wildman–Crippen LogP) is 4.33. The van der Waals surface area contributed by atoms with Crippen molar-refractivity contribution in [1.29, 1.82) is 0 Å². The largest absolute Gasteiger partial charge is 0.370 e. The molecule has 1 aromatic carbocycles. The average Bonchev–Trinajstić information content (AvgIpc) is 3.41. The van der Waals surface area contributed by atoms with Gasteiger partial charge in [-0.05, 0) is 44.1 Å².